The van der Waals surface area contributed by atoms with Gasteiger partial charge in [-0.25, -0.2) is 0 Å². The highest BCUT2D eigenvalue weighted by Crippen LogP contribution is 2.36. The second kappa shape index (κ2) is 5.63. The molecule has 1 aliphatic carbocycles. The first-order chi connectivity index (χ1) is 8.26. The third-order valence-electron chi connectivity index (χ3n) is 4.04. The summed E-state index contributed by atoms with van der Waals surface area (Å²) in [5.74, 6) is 2.96. The average Bonchev–Trinajstić information content (AvgIpc) is 2.87. The summed E-state index contributed by atoms with van der Waals surface area (Å²) in [6.45, 7) is 5.01. The largest absolute Gasteiger partial charge is 0.339 e. The van der Waals surface area contributed by atoms with Gasteiger partial charge in [0.1, 0.15) is 0 Å². The average molecular weight is 237 g/mol. The predicted molar refractivity (Wildman–Crippen MR) is 66.8 cm³/mol. The normalized spacial score (nSPS) is 27.0. The van der Waals surface area contributed by atoms with Gasteiger partial charge in [-0.1, -0.05) is 31.8 Å². The first-order valence-corrected chi connectivity index (χ1v) is 6.79. The second-order valence-electron chi connectivity index (χ2n) is 5.19. The first-order valence-electron chi connectivity index (χ1n) is 6.79. The standard InChI is InChI=1S/C13H23N3O/c1-3-9(2)12-15-13(17-16-12)11-7-5-4-6-10(11)8-14/h9-11H,3-8,14H2,1-2H3. The van der Waals surface area contributed by atoms with E-state index in [1.54, 1.807) is 0 Å². The van der Waals surface area contributed by atoms with Gasteiger partial charge in [0.2, 0.25) is 5.89 Å². The van der Waals surface area contributed by atoms with Crippen molar-refractivity contribution in [2.45, 2.75) is 57.8 Å². The monoisotopic (exact) mass is 237 g/mol. The lowest BCUT2D eigenvalue weighted by Gasteiger charge is -2.27. The molecule has 4 nitrogen and oxygen atoms in total. The quantitative estimate of drug-likeness (QED) is 0.874. The number of hydrogen-bond donors (Lipinski definition) is 1. The molecular formula is C13H23N3O. The van der Waals surface area contributed by atoms with Gasteiger partial charge in [-0.3, -0.25) is 0 Å². The minimum absolute atomic E-state index is 0.382. The van der Waals surface area contributed by atoms with Crippen LogP contribution in [0.1, 0.15) is 69.5 Å². The highest BCUT2D eigenvalue weighted by atomic mass is 16.5. The summed E-state index contributed by atoms with van der Waals surface area (Å²) in [7, 11) is 0. The van der Waals surface area contributed by atoms with Crippen LogP contribution < -0.4 is 5.73 Å². The molecule has 96 valence electrons. The summed E-state index contributed by atoms with van der Waals surface area (Å²) in [6.07, 6.45) is 5.92. The van der Waals surface area contributed by atoms with Crippen molar-refractivity contribution in [1.82, 2.24) is 10.1 Å². The number of rotatable bonds is 4. The molecule has 0 aliphatic heterocycles. The number of aromatic nitrogens is 2. The summed E-state index contributed by atoms with van der Waals surface area (Å²) < 4.78 is 5.44. The summed E-state index contributed by atoms with van der Waals surface area (Å²) in [6, 6.07) is 0. The van der Waals surface area contributed by atoms with Crippen molar-refractivity contribution >= 4 is 0 Å². The third kappa shape index (κ3) is 2.68. The van der Waals surface area contributed by atoms with Crippen molar-refractivity contribution in [3.05, 3.63) is 11.7 Å². The van der Waals surface area contributed by atoms with Crippen LogP contribution in [0.15, 0.2) is 4.52 Å². The van der Waals surface area contributed by atoms with Gasteiger partial charge in [-0.05, 0) is 31.7 Å². The molecule has 2 N–H and O–H groups in total. The zero-order chi connectivity index (χ0) is 12.3. The molecule has 0 amide bonds. The smallest absolute Gasteiger partial charge is 0.230 e. The molecular weight excluding hydrogens is 214 g/mol. The minimum atomic E-state index is 0.382. The Balaban J connectivity index is 2.12. The van der Waals surface area contributed by atoms with E-state index < -0.39 is 0 Å². The molecule has 0 aromatic carbocycles. The van der Waals surface area contributed by atoms with E-state index in [-0.39, 0.29) is 0 Å². The van der Waals surface area contributed by atoms with Gasteiger partial charge in [-0.2, -0.15) is 4.98 Å². The molecule has 0 radical (unpaired) electrons. The van der Waals surface area contributed by atoms with Crippen LogP contribution in [-0.4, -0.2) is 16.7 Å². The lowest BCUT2D eigenvalue weighted by atomic mass is 9.79. The molecule has 1 aromatic rings. The van der Waals surface area contributed by atoms with Gasteiger partial charge in [0.05, 0.1) is 0 Å². The fraction of sp³-hybridized carbons (Fsp3) is 0.846. The molecule has 0 spiro atoms. The Kier molecular flexibility index (Phi) is 4.15. The molecule has 1 fully saturated rings. The molecule has 4 heteroatoms. The Bertz CT molecular complexity index is 350. The highest BCUT2D eigenvalue weighted by molar-refractivity contribution is 5.01. The van der Waals surface area contributed by atoms with E-state index in [1.807, 2.05) is 0 Å². The zero-order valence-electron chi connectivity index (χ0n) is 10.9. The minimum Gasteiger partial charge on any atom is -0.339 e. The van der Waals surface area contributed by atoms with E-state index in [0.29, 0.717) is 17.8 Å². The first kappa shape index (κ1) is 12.6. The van der Waals surface area contributed by atoms with Crippen LogP contribution in [0.3, 0.4) is 0 Å². The zero-order valence-corrected chi connectivity index (χ0v) is 10.9. The molecule has 3 unspecified atom stereocenters. The molecule has 17 heavy (non-hydrogen) atoms. The molecule has 1 saturated carbocycles. The molecule has 1 aromatic heterocycles. The van der Waals surface area contributed by atoms with Crippen LogP contribution in [0, 0.1) is 5.92 Å². The maximum Gasteiger partial charge on any atom is 0.230 e. The summed E-state index contributed by atoms with van der Waals surface area (Å²) in [5, 5.41) is 4.10. The van der Waals surface area contributed by atoms with Crippen molar-refractivity contribution in [1.29, 1.82) is 0 Å². The van der Waals surface area contributed by atoms with Crippen molar-refractivity contribution in [2.24, 2.45) is 11.7 Å². The fourth-order valence-electron chi connectivity index (χ4n) is 2.60. The SMILES string of the molecule is CCC(C)c1noc(C2CCCCC2CN)n1. The molecule has 0 saturated heterocycles. The second-order valence-corrected chi connectivity index (χ2v) is 5.19. The van der Waals surface area contributed by atoms with Crippen LogP contribution in [0.2, 0.25) is 0 Å². The highest BCUT2D eigenvalue weighted by Gasteiger charge is 2.30. The molecule has 1 aliphatic rings. The Hall–Kier alpha value is -0.900. The van der Waals surface area contributed by atoms with Crippen molar-refractivity contribution in [3.63, 3.8) is 0 Å². The van der Waals surface area contributed by atoms with E-state index in [2.05, 4.69) is 24.0 Å². The summed E-state index contributed by atoms with van der Waals surface area (Å²) in [4.78, 5) is 4.57. The lowest BCUT2D eigenvalue weighted by molar-refractivity contribution is 0.248. The van der Waals surface area contributed by atoms with E-state index >= 15 is 0 Å². The van der Waals surface area contributed by atoms with E-state index in [9.17, 15) is 0 Å². The van der Waals surface area contributed by atoms with Crippen molar-refractivity contribution < 1.29 is 4.52 Å². The van der Waals surface area contributed by atoms with Crippen molar-refractivity contribution in [3.8, 4) is 0 Å². The third-order valence-corrected chi connectivity index (χ3v) is 4.04. The Morgan fingerprint density at radius 2 is 2.18 bits per heavy atom. The van der Waals surface area contributed by atoms with Crippen LogP contribution in [0.25, 0.3) is 0 Å². The molecule has 3 atom stereocenters. The van der Waals surface area contributed by atoms with Crippen LogP contribution >= 0.6 is 0 Å². The van der Waals surface area contributed by atoms with E-state index in [4.69, 9.17) is 10.3 Å². The Labute approximate surface area is 103 Å². The maximum absolute atomic E-state index is 5.83. The topological polar surface area (TPSA) is 64.9 Å². The summed E-state index contributed by atoms with van der Waals surface area (Å²) >= 11 is 0. The van der Waals surface area contributed by atoms with E-state index in [0.717, 1.165) is 31.1 Å². The van der Waals surface area contributed by atoms with Gasteiger partial charge in [0.25, 0.3) is 0 Å². The van der Waals surface area contributed by atoms with Gasteiger partial charge in [0.15, 0.2) is 5.82 Å². The van der Waals surface area contributed by atoms with Crippen LogP contribution in [0.5, 0.6) is 0 Å². The molecule has 1 heterocycles. The molecule has 2 rings (SSSR count). The van der Waals surface area contributed by atoms with Gasteiger partial charge >= 0.3 is 0 Å². The number of nitrogens with zero attached hydrogens (tertiary/aromatic N) is 2. The maximum atomic E-state index is 5.83. The fourth-order valence-corrected chi connectivity index (χ4v) is 2.60. The Morgan fingerprint density at radius 3 is 2.88 bits per heavy atom. The summed E-state index contributed by atoms with van der Waals surface area (Å²) in [5.41, 5.74) is 5.83. The number of nitrogens with two attached hydrogens (primary N) is 1. The van der Waals surface area contributed by atoms with Gasteiger partial charge in [0, 0.05) is 11.8 Å². The Morgan fingerprint density at radius 1 is 1.41 bits per heavy atom. The van der Waals surface area contributed by atoms with Gasteiger partial charge < -0.3 is 10.3 Å². The van der Waals surface area contributed by atoms with Gasteiger partial charge in [-0.15, -0.1) is 0 Å². The molecule has 0 bridgehead atoms. The van der Waals surface area contributed by atoms with E-state index in [1.165, 1.54) is 19.3 Å². The lowest BCUT2D eigenvalue weighted by Crippen LogP contribution is -2.25. The van der Waals surface area contributed by atoms with Crippen LogP contribution in [-0.2, 0) is 0 Å². The predicted octanol–water partition coefficient (Wildman–Crippen LogP) is 2.82. The number of hydrogen-bond acceptors (Lipinski definition) is 4. The van der Waals surface area contributed by atoms with Crippen LogP contribution in [0.4, 0.5) is 0 Å². The van der Waals surface area contributed by atoms with Crippen molar-refractivity contribution in [2.75, 3.05) is 6.54 Å².